The molecule has 3 rings (SSSR count). The maximum absolute atomic E-state index is 5.42. The van der Waals surface area contributed by atoms with Crippen LogP contribution in [0.4, 0.5) is 5.69 Å². The molecule has 4 nitrogen and oxygen atoms in total. The highest BCUT2D eigenvalue weighted by molar-refractivity contribution is 5.94. The van der Waals surface area contributed by atoms with E-state index in [9.17, 15) is 0 Å². The smallest absolute Gasteiger partial charge is 0.121 e. The minimum Gasteiger partial charge on any atom is -0.497 e. The molecule has 0 aliphatic rings. The summed E-state index contributed by atoms with van der Waals surface area (Å²) in [5.41, 5.74) is 4.18. The third kappa shape index (κ3) is 5.48. The Morgan fingerprint density at radius 2 is 1.79 bits per heavy atom. The van der Waals surface area contributed by atoms with Crippen molar-refractivity contribution in [2.24, 2.45) is 0 Å². The fourth-order valence-electron chi connectivity index (χ4n) is 3.71. The van der Waals surface area contributed by atoms with Crippen molar-refractivity contribution < 1.29 is 4.74 Å². The number of nitrogens with one attached hydrogen (secondary N) is 1. The maximum Gasteiger partial charge on any atom is 0.121 e. The van der Waals surface area contributed by atoms with Crippen LogP contribution in [-0.4, -0.2) is 42.7 Å². The number of methoxy groups -OCH3 is 1. The van der Waals surface area contributed by atoms with Crippen LogP contribution in [0.3, 0.4) is 0 Å². The fraction of sp³-hybridized carbons (Fsp3) is 0.400. The zero-order chi connectivity index (χ0) is 20.6. The Bertz CT molecular complexity index is 907. The van der Waals surface area contributed by atoms with E-state index in [2.05, 4.69) is 67.4 Å². The molecule has 0 spiro atoms. The molecule has 0 aliphatic heterocycles. The minimum absolute atomic E-state index is 0.391. The average Bonchev–Trinajstić information content (AvgIpc) is 2.76. The van der Waals surface area contributed by atoms with Crippen molar-refractivity contribution in [1.82, 2.24) is 9.88 Å². The summed E-state index contributed by atoms with van der Waals surface area (Å²) in [5.74, 6) is 0.827. The van der Waals surface area contributed by atoms with Gasteiger partial charge in [-0.05, 0) is 57.6 Å². The first-order valence-corrected chi connectivity index (χ1v) is 10.7. The molecule has 2 aromatic carbocycles. The Hall–Kier alpha value is -2.59. The molecule has 0 saturated heterocycles. The Morgan fingerprint density at radius 1 is 1.03 bits per heavy atom. The van der Waals surface area contributed by atoms with Gasteiger partial charge in [-0.3, -0.25) is 0 Å². The molecule has 154 valence electrons. The van der Waals surface area contributed by atoms with Crippen molar-refractivity contribution in [2.45, 2.75) is 39.7 Å². The predicted octanol–water partition coefficient (Wildman–Crippen LogP) is 5.83. The zero-order valence-electron chi connectivity index (χ0n) is 18.1. The molecule has 29 heavy (non-hydrogen) atoms. The Labute approximate surface area is 174 Å². The van der Waals surface area contributed by atoms with Gasteiger partial charge in [-0.2, -0.15) is 0 Å². The lowest BCUT2D eigenvalue weighted by Crippen LogP contribution is -2.25. The van der Waals surface area contributed by atoms with E-state index in [0.717, 1.165) is 59.7 Å². The minimum atomic E-state index is 0.391. The number of fused-ring (bicyclic) bond motifs is 1. The highest BCUT2D eigenvalue weighted by Crippen LogP contribution is 2.31. The molecule has 1 heterocycles. The normalized spacial score (nSPS) is 12.3. The van der Waals surface area contributed by atoms with E-state index in [4.69, 9.17) is 9.72 Å². The van der Waals surface area contributed by atoms with Gasteiger partial charge >= 0.3 is 0 Å². The molecule has 0 fully saturated rings. The lowest BCUT2D eigenvalue weighted by molar-refractivity contribution is 0.295. The first-order chi connectivity index (χ1) is 14.1. The van der Waals surface area contributed by atoms with Crippen LogP contribution < -0.4 is 10.1 Å². The van der Waals surface area contributed by atoms with Crippen LogP contribution in [0.15, 0.2) is 54.6 Å². The Morgan fingerprint density at radius 3 is 2.48 bits per heavy atom. The third-order valence-corrected chi connectivity index (χ3v) is 5.49. The second-order valence-corrected chi connectivity index (χ2v) is 7.52. The van der Waals surface area contributed by atoms with E-state index in [1.807, 2.05) is 18.2 Å². The van der Waals surface area contributed by atoms with Crippen molar-refractivity contribution in [2.75, 3.05) is 32.1 Å². The van der Waals surface area contributed by atoms with Gasteiger partial charge in [-0.15, -0.1) is 0 Å². The molecule has 0 bridgehead atoms. The molecular formula is C25H33N3O. The number of nitrogens with zero attached hydrogens (tertiary/aromatic N) is 2. The van der Waals surface area contributed by atoms with Gasteiger partial charge in [0, 0.05) is 28.7 Å². The first-order valence-electron chi connectivity index (χ1n) is 10.7. The topological polar surface area (TPSA) is 37.4 Å². The van der Waals surface area contributed by atoms with Crippen LogP contribution in [-0.2, 0) is 0 Å². The van der Waals surface area contributed by atoms with E-state index in [0.29, 0.717) is 6.04 Å². The van der Waals surface area contributed by atoms with Crippen molar-refractivity contribution >= 4 is 16.6 Å². The Kier molecular flexibility index (Phi) is 7.48. The monoisotopic (exact) mass is 391 g/mol. The fourth-order valence-corrected chi connectivity index (χ4v) is 3.71. The van der Waals surface area contributed by atoms with Crippen molar-refractivity contribution in [3.8, 4) is 17.0 Å². The van der Waals surface area contributed by atoms with Crippen LogP contribution in [0.1, 0.15) is 33.6 Å². The van der Waals surface area contributed by atoms with Gasteiger partial charge in [-0.25, -0.2) is 4.98 Å². The molecule has 0 amide bonds. The average molecular weight is 392 g/mol. The molecule has 3 aromatic rings. The summed E-state index contributed by atoms with van der Waals surface area (Å²) >= 11 is 0. The molecular weight excluding hydrogens is 358 g/mol. The molecule has 0 aliphatic carbocycles. The van der Waals surface area contributed by atoms with E-state index in [1.165, 1.54) is 6.42 Å². The van der Waals surface area contributed by atoms with Gasteiger partial charge in [0.2, 0.25) is 0 Å². The number of hydrogen-bond acceptors (Lipinski definition) is 4. The van der Waals surface area contributed by atoms with Gasteiger partial charge < -0.3 is 15.0 Å². The molecule has 1 atom stereocenters. The summed E-state index contributed by atoms with van der Waals surface area (Å²) < 4.78 is 5.42. The summed E-state index contributed by atoms with van der Waals surface area (Å²) in [7, 11) is 1.69. The van der Waals surface area contributed by atoms with E-state index in [1.54, 1.807) is 7.11 Å². The van der Waals surface area contributed by atoms with Gasteiger partial charge in [0.05, 0.1) is 18.3 Å². The second kappa shape index (κ2) is 10.3. The summed E-state index contributed by atoms with van der Waals surface area (Å²) in [6.07, 6.45) is 2.33. The molecule has 4 heteroatoms. The largest absolute Gasteiger partial charge is 0.497 e. The van der Waals surface area contributed by atoms with Crippen molar-refractivity contribution in [3.63, 3.8) is 0 Å². The maximum atomic E-state index is 5.42. The predicted molar refractivity (Wildman–Crippen MR) is 124 cm³/mol. The van der Waals surface area contributed by atoms with Gasteiger partial charge in [0.25, 0.3) is 0 Å². The first kappa shape index (κ1) is 21.1. The van der Waals surface area contributed by atoms with Crippen LogP contribution >= 0.6 is 0 Å². The molecule has 1 aromatic heterocycles. The lowest BCUT2D eigenvalue weighted by atomic mass is 10.1. The molecule has 0 unspecified atom stereocenters. The standard InChI is InChI=1S/C25H33N3O/c1-5-28(6-2)16-10-11-19(3)26-25-18-23(20-12-8-7-9-13-20)27-24-17-21(29-4)14-15-22(24)25/h7-9,12-15,17-19H,5-6,10-11,16H2,1-4H3,(H,26,27)/t19-/m0/s1. The highest BCUT2D eigenvalue weighted by Gasteiger charge is 2.11. The van der Waals surface area contributed by atoms with Crippen LogP contribution in [0.5, 0.6) is 5.75 Å². The number of pyridine rings is 1. The highest BCUT2D eigenvalue weighted by atomic mass is 16.5. The summed E-state index contributed by atoms with van der Waals surface area (Å²) in [6.45, 7) is 10.1. The van der Waals surface area contributed by atoms with Crippen LogP contribution in [0, 0.1) is 0 Å². The van der Waals surface area contributed by atoms with Crippen molar-refractivity contribution in [1.29, 1.82) is 0 Å². The van der Waals surface area contributed by atoms with E-state index >= 15 is 0 Å². The third-order valence-electron chi connectivity index (χ3n) is 5.49. The number of anilines is 1. The Balaban J connectivity index is 1.85. The van der Waals surface area contributed by atoms with Crippen LogP contribution in [0.2, 0.25) is 0 Å². The van der Waals surface area contributed by atoms with Crippen molar-refractivity contribution in [3.05, 3.63) is 54.6 Å². The molecule has 0 radical (unpaired) electrons. The summed E-state index contributed by atoms with van der Waals surface area (Å²) in [4.78, 5) is 7.38. The number of rotatable bonds is 10. The van der Waals surface area contributed by atoms with Crippen LogP contribution in [0.25, 0.3) is 22.2 Å². The zero-order valence-corrected chi connectivity index (χ0v) is 18.1. The molecule has 1 N–H and O–H groups in total. The summed E-state index contributed by atoms with van der Waals surface area (Å²) in [5, 5.41) is 4.87. The second-order valence-electron chi connectivity index (χ2n) is 7.52. The quantitative estimate of drug-likeness (QED) is 0.472. The summed E-state index contributed by atoms with van der Waals surface area (Å²) in [6, 6.07) is 19.0. The number of hydrogen-bond donors (Lipinski definition) is 1. The lowest BCUT2D eigenvalue weighted by Gasteiger charge is -2.21. The van der Waals surface area contributed by atoms with Gasteiger partial charge in [0.15, 0.2) is 0 Å². The van der Waals surface area contributed by atoms with E-state index in [-0.39, 0.29) is 0 Å². The number of ether oxygens (including phenoxy) is 1. The van der Waals surface area contributed by atoms with Gasteiger partial charge in [0.1, 0.15) is 5.75 Å². The van der Waals surface area contributed by atoms with E-state index < -0.39 is 0 Å². The molecule has 0 saturated carbocycles. The number of benzene rings is 2. The number of aromatic nitrogens is 1. The SMILES string of the molecule is CCN(CC)CCC[C@H](C)Nc1cc(-c2ccccc2)nc2cc(OC)ccc12. The van der Waals surface area contributed by atoms with Gasteiger partial charge in [-0.1, -0.05) is 44.2 Å².